The molecule has 2 heterocycles. The van der Waals surface area contributed by atoms with E-state index in [9.17, 15) is 0 Å². The first-order valence-corrected chi connectivity index (χ1v) is 10.2. The van der Waals surface area contributed by atoms with E-state index >= 15 is 0 Å². The number of hydrogen-bond acceptors (Lipinski definition) is 4. The minimum atomic E-state index is 0.338. The van der Waals surface area contributed by atoms with Gasteiger partial charge in [0.25, 0.3) is 0 Å². The number of rotatable bonds is 6. The smallest absolute Gasteiger partial charge is 0.247 e. The van der Waals surface area contributed by atoms with Gasteiger partial charge in [-0.3, -0.25) is 0 Å². The highest BCUT2D eigenvalue weighted by molar-refractivity contribution is 5.81. The largest absolute Gasteiger partial charge is 0.436 e. The maximum atomic E-state index is 6.40. The summed E-state index contributed by atoms with van der Waals surface area (Å²) < 4.78 is 8.55. The van der Waals surface area contributed by atoms with Gasteiger partial charge in [-0.15, -0.1) is 0 Å². The fourth-order valence-corrected chi connectivity index (χ4v) is 3.77. The maximum absolute atomic E-state index is 6.40. The van der Waals surface area contributed by atoms with Crippen LogP contribution in [-0.4, -0.2) is 33.5 Å². The highest BCUT2D eigenvalue weighted by Crippen LogP contribution is 2.34. The molecule has 0 aliphatic heterocycles. The normalized spacial score (nSPS) is 12.5. The third kappa shape index (κ3) is 3.94. The number of aromatic nitrogens is 3. The third-order valence-electron chi connectivity index (χ3n) is 5.65. The van der Waals surface area contributed by atoms with E-state index in [2.05, 4.69) is 90.7 Å². The molecular formula is C25H28N4O. The molecule has 0 spiro atoms. The summed E-state index contributed by atoms with van der Waals surface area (Å²) in [6.07, 6.45) is 3.61. The lowest BCUT2D eigenvalue weighted by atomic mass is 10.0. The average Bonchev–Trinajstić information content (AvgIpc) is 3.14. The summed E-state index contributed by atoms with van der Waals surface area (Å²) in [6, 6.07) is 17.1. The molecule has 2 aromatic carbocycles. The number of ether oxygens (including phenoxy) is 1. The Bertz CT molecular complexity index is 1140. The van der Waals surface area contributed by atoms with Gasteiger partial charge in [0.15, 0.2) is 0 Å². The number of benzene rings is 2. The van der Waals surface area contributed by atoms with Gasteiger partial charge in [0.1, 0.15) is 17.6 Å². The quantitative estimate of drug-likeness (QED) is 0.428. The van der Waals surface area contributed by atoms with Crippen LogP contribution in [0.25, 0.3) is 11.0 Å². The van der Waals surface area contributed by atoms with E-state index in [1.54, 1.807) is 6.33 Å². The molecule has 0 radical (unpaired) electrons. The molecule has 0 bridgehead atoms. The molecular weight excluding hydrogens is 372 g/mol. The van der Waals surface area contributed by atoms with Gasteiger partial charge in [-0.05, 0) is 63.2 Å². The van der Waals surface area contributed by atoms with Crippen molar-refractivity contribution in [2.75, 3.05) is 14.1 Å². The molecule has 0 N–H and O–H groups in total. The SMILES string of the molecule is Cc1cc(C(C)N(C)C)cc(C)c1Oc1ncnc2ccn(Cc3ccccc3)c12. The summed E-state index contributed by atoms with van der Waals surface area (Å²) >= 11 is 0. The molecule has 0 amide bonds. The topological polar surface area (TPSA) is 43.2 Å². The van der Waals surface area contributed by atoms with E-state index in [-0.39, 0.29) is 0 Å². The third-order valence-corrected chi connectivity index (χ3v) is 5.65. The first-order chi connectivity index (χ1) is 14.4. The Kier molecular flexibility index (Phi) is 5.55. The van der Waals surface area contributed by atoms with Gasteiger partial charge in [0, 0.05) is 18.8 Å². The molecule has 0 aliphatic rings. The van der Waals surface area contributed by atoms with Gasteiger partial charge in [0.05, 0.1) is 5.52 Å². The number of aryl methyl sites for hydroxylation is 2. The van der Waals surface area contributed by atoms with Gasteiger partial charge in [-0.2, -0.15) is 4.98 Å². The Morgan fingerprint density at radius 3 is 2.37 bits per heavy atom. The molecule has 5 nitrogen and oxygen atoms in total. The van der Waals surface area contributed by atoms with E-state index in [1.807, 2.05) is 18.3 Å². The van der Waals surface area contributed by atoms with Crippen LogP contribution in [0.1, 0.15) is 35.2 Å². The zero-order chi connectivity index (χ0) is 21.3. The van der Waals surface area contributed by atoms with E-state index in [4.69, 9.17) is 4.74 Å². The van der Waals surface area contributed by atoms with Gasteiger partial charge in [0.2, 0.25) is 5.88 Å². The minimum Gasteiger partial charge on any atom is -0.436 e. The van der Waals surface area contributed by atoms with Crippen LogP contribution in [0.2, 0.25) is 0 Å². The molecule has 0 aliphatic carbocycles. The van der Waals surface area contributed by atoms with E-state index in [0.717, 1.165) is 34.5 Å². The van der Waals surface area contributed by atoms with Crippen LogP contribution >= 0.6 is 0 Å². The second kappa shape index (κ2) is 8.28. The molecule has 4 rings (SSSR count). The zero-order valence-corrected chi connectivity index (χ0v) is 18.3. The van der Waals surface area contributed by atoms with Crippen molar-refractivity contribution in [2.24, 2.45) is 0 Å². The van der Waals surface area contributed by atoms with E-state index < -0.39 is 0 Å². The van der Waals surface area contributed by atoms with E-state index in [1.165, 1.54) is 11.1 Å². The van der Waals surface area contributed by atoms with Crippen LogP contribution in [0, 0.1) is 13.8 Å². The lowest BCUT2D eigenvalue weighted by Crippen LogP contribution is -2.17. The van der Waals surface area contributed by atoms with Crippen molar-refractivity contribution in [3.63, 3.8) is 0 Å². The van der Waals surface area contributed by atoms with Crippen molar-refractivity contribution in [1.29, 1.82) is 0 Å². The lowest BCUT2D eigenvalue weighted by Gasteiger charge is -2.22. The molecule has 30 heavy (non-hydrogen) atoms. The molecule has 0 saturated heterocycles. The molecule has 2 aromatic heterocycles. The summed E-state index contributed by atoms with van der Waals surface area (Å²) in [5.41, 5.74) is 6.50. The first-order valence-electron chi connectivity index (χ1n) is 10.2. The lowest BCUT2D eigenvalue weighted by molar-refractivity contribution is 0.320. The van der Waals surface area contributed by atoms with Crippen molar-refractivity contribution < 1.29 is 4.74 Å². The Morgan fingerprint density at radius 2 is 1.70 bits per heavy atom. The fraction of sp³-hybridized carbons (Fsp3) is 0.280. The van der Waals surface area contributed by atoms with Crippen molar-refractivity contribution >= 4 is 11.0 Å². The summed E-state index contributed by atoms with van der Waals surface area (Å²) in [5.74, 6) is 1.44. The number of hydrogen-bond donors (Lipinski definition) is 0. The van der Waals surface area contributed by atoms with Crippen molar-refractivity contribution in [2.45, 2.75) is 33.4 Å². The van der Waals surface area contributed by atoms with Crippen molar-refractivity contribution in [3.8, 4) is 11.6 Å². The zero-order valence-electron chi connectivity index (χ0n) is 18.3. The Labute approximate surface area is 178 Å². The molecule has 154 valence electrons. The monoisotopic (exact) mass is 400 g/mol. The maximum Gasteiger partial charge on any atom is 0.247 e. The van der Waals surface area contributed by atoms with Gasteiger partial charge < -0.3 is 14.2 Å². The molecule has 5 heteroatoms. The molecule has 0 fully saturated rings. The fourth-order valence-electron chi connectivity index (χ4n) is 3.77. The highest BCUT2D eigenvalue weighted by Gasteiger charge is 2.17. The van der Waals surface area contributed by atoms with Crippen molar-refractivity contribution in [1.82, 2.24) is 19.4 Å². The Hall–Kier alpha value is -3.18. The summed E-state index contributed by atoms with van der Waals surface area (Å²) in [6.45, 7) is 7.13. The molecule has 4 aromatic rings. The van der Waals surface area contributed by atoms with Crippen LogP contribution in [0.15, 0.2) is 61.1 Å². The summed E-state index contributed by atoms with van der Waals surface area (Å²) in [4.78, 5) is 11.1. The van der Waals surface area contributed by atoms with Crippen LogP contribution in [0.5, 0.6) is 11.6 Å². The van der Waals surface area contributed by atoms with Gasteiger partial charge >= 0.3 is 0 Å². The first kappa shape index (κ1) is 20.1. The van der Waals surface area contributed by atoms with Crippen LogP contribution in [-0.2, 0) is 6.54 Å². The summed E-state index contributed by atoms with van der Waals surface area (Å²) in [5, 5.41) is 0. The predicted octanol–water partition coefficient (Wildman–Crippen LogP) is 5.51. The standard InChI is InChI=1S/C25H28N4O/c1-17-13-21(19(3)28(4)5)14-18(2)24(17)30-25-23-22(26-16-27-25)11-12-29(23)15-20-9-7-6-8-10-20/h6-14,16,19H,15H2,1-5H3. The molecule has 1 atom stereocenters. The second-order valence-electron chi connectivity index (χ2n) is 8.07. The van der Waals surface area contributed by atoms with Gasteiger partial charge in [-0.1, -0.05) is 42.5 Å². The van der Waals surface area contributed by atoms with Crippen LogP contribution in [0.3, 0.4) is 0 Å². The van der Waals surface area contributed by atoms with Crippen LogP contribution < -0.4 is 4.74 Å². The average molecular weight is 401 g/mol. The highest BCUT2D eigenvalue weighted by atomic mass is 16.5. The number of fused-ring (bicyclic) bond motifs is 1. The van der Waals surface area contributed by atoms with Crippen molar-refractivity contribution in [3.05, 3.63) is 83.3 Å². The molecule has 1 unspecified atom stereocenters. The predicted molar refractivity (Wildman–Crippen MR) is 121 cm³/mol. The van der Waals surface area contributed by atoms with Crippen LogP contribution in [0.4, 0.5) is 0 Å². The molecule has 0 saturated carbocycles. The summed E-state index contributed by atoms with van der Waals surface area (Å²) in [7, 11) is 4.19. The number of nitrogens with zero attached hydrogens (tertiary/aromatic N) is 4. The Morgan fingerprint density at radius 1 is 1.00 bits per heavy atom. The van der Waals surface area contributed by atoms with E-state index in [0.29, 0.717) is 11.9 Å². The minimum absolute atomic E-state index is 0.338. The second-order valence-corrected chi connectivity index (χ2v) is 8.07. The Balaban J connectivity index is 1.72. The van der Waals surface area contributed by atoms with Gasteiger partial charge in [-0.25, -0.2) is 4.98 Å².